The second-order valence-corrected chi connectivity index (χ2v) is 13.0. The van der Waals surface area contributed by atoms with Crippen LogP contribution in [0.15, 0.2) is 9.64 Å². The van der Waals surface area contributed by atoms with Gasteiger partial charge in [0.05, 0.1) is 16.8 Å². The number of carbonyl (C=O) groups excluding carboxylic acids is 1. The van der Waals surface area contributed by atoms with Crippen molar-refractivity contribution in [2.75, 3.05) is 11.5 Å². The number of aromatic nitrogens is 2. The number of hydrogen-bond donors (Lipinski definition) is 1. The van der Waals surface area contributed by atoms with Gasteiger partial charge in [0.15, 0.2) is 9.84 Å². The third kappa shape index (κ3) is 3.49. The summed E-state index contributed by atoms with van der Waals surface area (Å²) in [4.78, 5) is 12.4. The summed E-state index contributed by atoms with van der Waals surface area (Å²) in [6.07, 6.45) is 8.07. The number of thioether (sulfide) groups is 1. The van der Waals surface area contributed by atoms with Gasteiger partial charge in [0.2, 0.25) is 11.8 Å². The van der Waals surface area contributed by atoms with Gasteiger partial charge in [-0.25, -0.2) is 8.42 Å². The monoisotopic (exact) mass is 425 g/mol. The first kappa shape index (κ1) is 18.9. The third-order valence-corrected chi connectivity index (χ3v) is 9.83. The number of amides is 1. The van der Waals surface area contributed by atoms with Crippen molar-refractivity contribution in [3.63, 3.8) is 0 Å². The van der Waals surface area contributed by atoms with E-state index in [2.05, 4.69) is 15.5 Å². The molecule has 2 heterocycles. The number of carbonyl (C=O) groups is 1. The molecule has 4 saturated carbocycles. The molecule has 5 fully saturated rings. The molecule has 0 radical (unpaired) electrons. The molecule has 9 heteroatoms. The fourth-order valence-corrected chi connectivity index (χ4v) is 8.64. The first-order valence-electron chi connectivity index (χ1n) is 10.3. The lowest BCUT2D eigenvalue weighted by Gasteiger charge is -2.55. The highest BCUT2D eigenvalue weighted by atomic mass is 32.2. The molecule has 28 heavy (non-hydrogen) atoms. The van der Waals surface area contributed by atoms with Crippen molar-refractivity contribution in [1.82, 2.24) is 15.5 Å². The van der Waals surface area contributed by atoms with E-state index < -0.39 is 15.1 Å². The zero-order valence-corrected chi connectivity index (χ0v) is 17.7. The molecule has 0 unspecified atom stereocenters. The molecule has 0 aromatic carbocycles. The van der Waals surface area contributed by atoms with Crippen LogP contribution in [-0.2, 0) is 20.0 Å². The molecule has 6 rings (SSSR count). The summed E-state index contributed by atoms with van der Waals surface area (Å²) in [5, 5.41) is 11.5. The summed E-state index contributed by atoms with van der Waals surface area (Å²) >= 11 is 1.26. The molecule has 1 N–H and O–H groups in total. The van der Waals surface area contributed by atoms with E-state index in [0.29, 0.717) is 11.6 Å². The van der Waals surface area contributed by atoms with E-state index in [1.807, 2.05) is 0 Å². The largest absolute Gasteiger partial charge is 0.415 e. The van der Waals surface area contributed by atoms with Crippen LogP contribution in [0, 0.1) is 17.8 Å². The van der Waals surface area contributed by atoms with Gasteiger partial charge in [-0.1, -0.05) is 11.8 Å². The van der Waals surface area contributed by atoms with E-state index in [9.17, 15) is 13.2 Å². The predicted molar refractivity (Wildman–Crippen MR) is 105 cm³/mol. The zero-order chi connectivity index (χ0) is 19.5. The van der Waals surface area contributed by atoms with Gasteiger partial charge in [0, 0.05) is 11.5 Å². The quantitative estimate of drug-likeness (QED) is 0.722. The van der Waals surface area contributed by atoms with Crippen LogP contribution in [0.3, 0.4) is 0 Å². The molecule has 1 aromatic rings. The van der Waals surface area contributed by atoms with Crippen molar-refractivity contribution < 1.29 is 17.6 Å². The van der Waals surface area contributed by atoms with Crippen LogP contribution < -0.4 is 5.32 Å². The van der Waals surface area contributed by atoms with Gasteiger partial charge in [0.25, 0.3) is 5.22 Å². The highest BCUT2D eigenvalue weighted by Crippen LogP contribution is 2.60. The maximum atomic E-state index is 12.4. The number of nitrogens with one attached hydrogen (secondary N) is 1. The first-order valence-corrected chi connectivity index (χ1v) is 13.0. The third-order valence-electron chi connectivity index (χ3n) is 7.12. The van der Waals surface area contributed by atoms with Crippen molar-refractivity contribution >= 4 is 27.5 Å². The highest BCUT2D eigenvalue weighted by molar-refractivity contribution is 8.00. The molecule has 1 amide bonds. The van der Waals surface area contributed by atoms with E-state index in [1.165, 1.54) is 50.3 Å². The summed E-state index contributed by atoms with van der Waals surface area (Å²) in [7, 11) is -3.01. The van der Waals surface area contributed by atoms with Gasteiger partial charge < -0.3 is 9.73 Å². The first-order chi connectivity index (χ1) is 13.3. The summed E-state index contributed by atoms with van der Waals surface area (Å²) in [5.41, 5.74) is 0.0598. The minimum Gasteiger partial charge on any atom is -0.415 e. The minimum absolute atomic E-state index is 0.0346. The normalized spacial score (nSPS) is 39.2. The van der Waals surface area contributed by atoms with Crippen LogP contribution in [0.25, 0.3) is 0 Å². The summed E-state index contributed by atoms with van der Waals surface area (Å²) in [5.74, 6) is 3.19. The molecular weight excluding hydrogens is 398 g/mol. The maximum absolute atomic E-state index is 12.4. The Morgan fingerprint density at radius 3 is 2.39 bits per heavy atom. The molecule has 154 valence electrons. The Labute approximate surface area is 169 Å². The molecule has 5 aliphatic rings. The Balaban J connectivity index is 1.23. The second-order valence-electron chi connectivity index (χ2n) is 9.44. The van der Waals surface area contributed by atoms with Gasteiger partial charge in [0.1, 0.15) is 0 Å². The van der Waals surface area contributed by atoms with Gasteiger partial charge in [-0.05, 0) is 69.6 Å². The zero-order valence-electron chi connectivity index (χ0n) is 16.1. The van der Waals surface area contributed by atoms with Crippen molar-refractivity contribution in [3.8, 4) is 0 Å². The Morgan fingerprint density at radius 1 is 1.18 bits per heavy atom. The van der Waals surface area contributed by atoms with Gasteiger partial charge in [-0.2, -0.15) is 0 Å². The Bertz CT molecular complexity index is 846. The van der Waals surface area contributed by atoms with E-state index in [0.717, 1.165) is 23.6 Å². The Kier molecular flexibility index (Phi) is 4.54. The lowest BCUT2D eigenvalue weighted by Crippen LogP contribution is -2.48. The Morgan fingerprint density at radius 2 is 1.82 bits per heavy atom. The molecular formula is C19H27N3O4S2. The molecule has 1 aliphatic heterocycles. The fourth-order valence-electron chi connectivity index (χ4n) is 6.28. The van der Waals surface area contributed by atoms with Crippen LogP contribution in [0.2, 0.25) is 0 Å². The van der Waals surface area contributed by atoms with Crippen molar-refractivity contribution in [1.29, 1.82) is 0 Å². The SMILES string of the molecule is C[C@@H](Sc1nnc(C23CC4CC(CC(C4)C2)C3)o1)C(=O)N[C@H]1CCS(=O)(=O)C1. The van der Waals surface area contributed by atoms with Crippen molar-refractivity contribution in [2.24, 2.45) is 17.8 Å². The topological polar surface area (TPSA) is 102 Å². The van der Waals surface area contributed by atoms with Gasteiger partial charge in [-0.15, -0.1) is 10.2 Å². The van der Waals surface area contributed by atoms with Crippen LogP contribution in [0.4, 0.5) is 0 Å². The molecule has 4 bridgehead atoms. The van der Waals surface area contributed by atoms with E-state index in [4.69, 9.17) is 4.42 Å². The summed E-state index contributed by atoms with van der Waals surface area (Å²) in [6, 6.07) is -0.286. The van der Waals surface area contributed by atoms with E-state index in [1.54, 1.807) is 6.92 Å². The Hall–Kier alpha value is -1.09. The molecule has 7 nitrogen and oxygen atoms in total. The van der Waals surface area contributed by atoms with Crippen LogP contribution in [-0.4, -0.2) is 47.3 Å². The van der Waals surface area contributed by atoms with Crippen LogP contribution in [0.1, 0.15) is 57.8 Å². The minimum atomic E-state index is -3.01. The average Bonchev–Trinajstić information content (AvgIpc) is 3.20. The smallest absolute Gasteiger partial charge is 0.277 e. The summed E-state index contributed by atoms with van der Waals surface area (Å²) < 4.78 is 29.2. The van der Waals surface area contributed by atoms with Crippen molar-refractivity contribution in [3.05, 3.63) is 5.89 Å². The average molecular weight is 426 g/mol. The predicted octanol–water partition coefficient (Wildman–Crippen LogP) is 2.32. The second kappa shape index (κ2) is 6.72. The molecule has 2 atom stereocenters. The fraction of sp³-hybridized carbons (Fsp3) is 0.842. The van der Waals surface area contributed by atoms with Crippen molar-refractivity contribution in [2.45, 2.75) is 73.8 Å². The molecule has 1 aromatic heterocycles. The lowest BCUT2D eigenvalue weighted by atomic mass is 9.49. The molecule has 0 spiro atoms. The number of hydrogen-bond acceptors (Lipinski definition) is 7. The van der Waals surface area contributed by atoms with E-state index >= 15 is 0 Å². The van der Waals surface area contributed by atoms with Gasteiger partial charge in [-0.3, -0.25) is 4.79 Å². The van der Waals surface area contributed by atoms with Gasteiger partial charge >= 0.3 is 0 Å². The molecule has 4 aliphatic carbocycles. The number of rotatable bonds is 5. The standard InChI is InChI=1S/C19H27N3O4S2/c1-11(16(23)20-15-2-3-28(24,25)10-15)27-18-22-21-17(26-18)19-7-12-4-13(8-19)6-14(5-12)9-19/h11-15H,2-10H2,1H3,(H,20,23)/t11-,12?,13?,14?,15+,19?/m1/s1. The van der Waals surface area contributed by atoms with Crippen LogP contribution >= 0.6 is 11.8 Å². The number of nitrogens with zero attached hydrogens (tertiary/aromatic N) is 2. The highest BCUT2D eigenvalue weighted by Gasteiger charge is 2.54. The number of sulfone groups is 1. The summed E-state index contributed by atoms with van der Waals surface area (Å²) in [6.45, 7) is 1.79. The lowest BCUT2D eigenvalue weighted by molar-refractivity contribution is -0.120. The van der Waals surface area contributed by atoms with Crippen LogP contribution in [0.5, 0.6) is 0 Å². The van der Waals surface area contributed by atoms with E-state index in [-0.39, 0.29) is 28.9 Å². The maximum Gasteiger partial charge on any atom is 0.277 e. The molecule has 1 saturated heterocycles.